The normalized spacial score (nSPS) is 24.7. The Morgan fingerprint density at radius 3 is 2.32 bits per heavy atom. The molecule has 1 aliphatic carbocycles. The molecule has 0 N–H and O–H groups in total. The summed E-state index contributed by atoms with van der Waals surface area (Å²) in [6.45, 7) is 0. The van der Waals surface area contributed by atoms with Crippen LogP contribution < -0.4 is 0 Å². The number of Topliss-reactive ketones (excluding diaryl/α,β-unsaturated/α-hetero) is 1. The standard InChI is InChI=1S/C20H19NO/c21-15-17-10-7-13-20(19(17)22,18-11-5-2-6-12-18)14-16-8-3-1-4-9-16/h1-6,8-9,11-12,17H,7,10,13-14H2/t17-,20+/m0/s1. The van der Waals surface area contributed by atoms with Gasteiger partial charge in [0.15, 0.2) is 5.78 Å². The van der Waals surface area contributed by atoms with Crippen molar-refractivity contribution < 1.29 is 4.79 Å². The minimum atomic E-state index is -0.554. The maximum Gasteiger partial charge on any atom is 0.160 e. The van der Waals surface area contributed by atoms with Crippen LogP contribution in [0.5, 0.6) is 0 Å². The SMILES string of the molecule is N#C[C@@H]1CCC[C@@](Cc2ccccc2)(c2ccccc2)C1=O. The predicted octanol–water partition coefficient (Wildman–Crippen LogP) is 4.06. The summed E-state index contributed by atoms with van der Waals surface area (Å²) in [5, 5.41) is 9.34. The average molecular weight is 289 g/mol. The van der Waals surface area contributed by atoms with Gasteiger partial charge in [0.1, 0.15) is 5.92 Å². The van der Waals surface area contributed by atoms with Gasteiger partial charge in [-0.05, 0) is 30.4 Å². The van der Waals surface area contributed by atoms with Gasteiger partial charge < -0.3 is 0 Å². The van der Waals surface area contributed by atoms with Gasteiger partial charge >= 0.3 is 0 Å². The van der Waals surface area contributed by atoms with Crippen LogP contribution in [0.1, 0.15) is 30.4 Å². The van der Waals surface area contributed by atoms with Crippen LogP contribution in [0.3, 0.4) is 0 Å². The van der Waals surface area contributed by atoms with Crippen LogP contribution in [0.15, 0.2) is 60.7 Å². The number of hydrogen-bond donors (Lipinski definition) is 0. The highest BCUT2D eigenvalue weighted by Crippen LogP contribution is 2.41. The highest BCUT2D eigenvalue weighted by Gasteiger charge is 2.45. The highest BCUT2D eigenvalue weighted by atomic mass is 16.1. The first-order valence-corrected chi connectivity index (χ1v) is 7.80. The fourth-order valence-electron chi connectivity index (χ4n) is 3.58. The largest absolute Gasteiger partial charge is 0.297 e. The molecule has 3 rings (SSSR count). The van der Waals surface area contributed by atoms with Crippen molar-refractivity contribution in [3.05, 3.63) is 71.8 Å². The third kappa shape index (κ3) is 2.55. The number of nitrogens with zero attached hydrogens (tertiary/aromatic N) is 1. The van der Waals surface area contributed by atoms with Crippen molar-refractivity contribution in [2.24, 2.45) is 5.92 Å². The summed E-state index contributed by atoms with van der Waals surface area (Å²) in [5.41, 5.74) is 1.64. The zero-order chi connectivity index (χ0) is 15.4. The Hall–Kier alpha value is -2.40. The van der Waals surface area contributed by atoms with Crippen molar-refractivity contribution in [1.29, 1.82) is 5.26 Å². The Bertz CT molecular complexity index is 687. The summed E-state index contributed by atoms with van der Waals surface area (Å²) < 4.78 is 0. The lowest BCUT2D eigenvalue weighted by Crippen LogP contribution is -2.45. The molecule has 0 unspecified atom stereocenters. The molecule has 0 amide bonds. The minimum absolute atomic E-state index is 0.0938. The van der Waals surface area contributed by atoms with Crippen LogP contribution in [0, 0.1) is 17.2 Å². The fourth-order valence-corrected chi connectivity index (χ4v) is 3.58. The Morgan fingerprint density at radius 2 is 1.68 bits per heavy atom. The summed E-state index contributed by atoms with van der Waals surface area (Å²) in [7, 11) is 0. The molecule has 2 aromatic rings. The van der Waals surface area contributed by atoms with Gasteiger partial charge in [-0.3, -0.25) is 4.79 Å². The Labute approximate surface area is 131 Å². The molecule has 1 fully saturated rings. The molecule has 0 spiro atoms. The van der Waals surface area contributed by atoms with E-state index in [0.29, 0.717) is 12.8 Å². The van der Waals surface area contributed by atoms with E-state index in [1.54, 1.807) is 0 Å². The number of nitriles is 1. The zero-order valence-electron chi connectivity index (χ0n) is 12.5. The number of ketones is 1. The van der Waals surface area contributed by atoms with Crippen molar-refractivity contribution in [3.63, 3.8) is 0 Å². The van der Waals surface area contributed by atoms with Crippen molar-refractivity contribution >= 4 is 5.78 Å². The van der Waals surface area contributed by atoms with E-state index in [0.717, 1.165) is 24.0 Å². The quantitative estimate of drug-likeness (QED) is 0.855. The van der Waals surface area contributed by atoms with Crippen LogP contribution in [0.4, 0.5) is 0 Å². The fraction of sp³-hybridized carbons (Fsp3) is 0.300. The average Bonchev–Trinajstić information content (AvgIpc) is 2.58. The van der Waals surface area contributed by atoms with Gasteiger partial charge in [0.2, 0.25) is 0 Å². The van der Waals surface area contributed by atoms with Crippen LogP contribution >= 0.6 is 0 Å². The van der Waals surface area contributed by atoms with Crippen molar-refractivity contribution in [2.45, 2.75) is 31.1 Å². The van der Waals surface area contributed by atoms with E-state index in [-0.39, 0.29) is 5.78 Å². The maximum absolute atomic E-state index is 13.1. The molecule has 22 heavy (non-hydrogen) atoms. The third-order valence-electron chi connectivity index (χ3n) is 4.72. The van der Waals surface area contributed by atoms with Gasteiger partial charge in [-0.1, -0.05) is 67.1 Å². The number of rotatable bonds is 3. The first-order valence-electron chi connectivity index (χ1n) is 7.80. The Morgan fingerprint density at radius 1 is 1.05 bits per heavy atom. The third-order valence-corrected chi connectivity index (χ3v) is 4.72. The van der Waals surface area contributed by atoms with Gasteiger partial charge in [-0.2, -0.15) is 5.26 Å². The topological polar surface area (TPSA) is 40.9 Å². The molecule has 2 aromatic carbocycles. The molecule has 0 aromatic heterocycles. The van der Waals surface area contributed by atoms with Gasteiger partial charge in [0.05, 0.1) is 11.5 Å². The van der Waals surface area contributed by atoms with E-state index in [4.69, 9.17) is 0 Å². The molecule has 2 atom stereocenters. The lowest BCUT2D eigenvalue weighted by atomic mass is 9.62. The molecular weight excluding hydrogens is 270 g/mol. The summed E-state index contributed by atoms with van der Waals surface area (Å²) in [4.78, 5) is 13.1. The molecule has 1 aliphatic rings. The van der Waals surface area contributed by atoms with Gasteiger partial charge in [-0.15, -0.1) is 0 Å². The molecule has 1 saturated carbocycles. The number of carbonyl (C=O) groups is 1. The van der Waals surface area contributed by atoms with Crippen molar-refractivity contribution in [2.75, 3.05) is 0 Å². The van der Waals surface area contributed by atoms with E-state index in [1.165, 1.54) is 0 Å². The molecule has 0 heterocycles. The van der Waals surface area contributed by atoms with Gasteiger partial charge in [-0.25, -0.2) is 0 Å². The molecular formula is C20H19NO. The number of benzene rings is 2. The first-order chi connectivity index (χ1) is 10.8. The Kier molecular flexibility index (Phi) is 4.06. The monoisotopic (exact) mass is 289 g/mol. The second kappa shape index (κ2) is 6.15. The number of carbonyl (C=O) groups excluding carboxylic acids is 1. The summed E-state index contributed by atoms with van der Waals surface area (Å²) in [6.07, 6.45) is 3.11. The molecule has 110 valence electrons. The smallest absolute Gasteiger partial charge is 0.160 e. The second-order valence-corrected chi connectivity index (χ2v) is 6.05. The van der Waals surface area contributed by atoms with E-state index in [9.17, 15) is 10.1 Å². The summed E-state index contributed by atoms with van der Waals surface area (Å²) in [5.74, 6) is -0.381. The molecule has 2 nitrogen and oxygen atoms in total. The summed E-state index contributed by atoms with van der Waals surface area (Å²) >= 11 is 0. The van der Waals surface area contributed by atoms with Crippen LogP contribution in [0.2, 0.25) is 0 Å². The lowest BCUT2D eigenvalue weighted by Gasteiger charge is -2.38. The maximum atomic E-state index is 13.1. The lowest BCUT2D eigenvalue weighted by molar-refractivity contribution is -0.129. The molecule has 0 aliphatic heterocycles. The van der Waals surface area contributed by atoms with E-state index in [1.807, 2.05) is 48.5 Å². The predicted molar refractivity (Wildman–Crippen MR) is 86.2 cm³/mol. The minimum Gasteiger partial charge on any atom is -0.297 e. The van der Waals surface area contributed by atoms with E-state index in [2.05, 4.69) is 18.2 Å². The van der Waals surface area contributed by atoms with Gasteiger partial charge in [0.25, 0.3) is 0 Å². The summed E-state index contributed by atoms with van der Waals surface area (Å²) in [6, 6.07) is 22.3. The van der Waals surface area contributed by atoms with Crippen LogP contribution in [0.25, 0.3) is 0 Å². The molecule has 2 heteroatoms. The van der Waals surface area contributed by atoms with E-state index >= 15 is 0 Å². The number of hydrogen-bond acceptors (Lipinski definition) is 2. The first kappa shape index (κ1) is 14.5. The molecule has 0 radical (unpaired) electrons. The van der Waals surface area contributed by atoms with Gasteiger partial charge in [0, 0.05) is 0 Å². The molecule has 0 saturated heterocycles. The van der Waals surface area contributed by atoms with E-state index < -0.39 is 11.3 Å². The van der Waals surface area contributed by atoms with Crippen molar-refractivity contribution in [3.8, 4) is 6.07 Å². The zero-order valence-corrected chi connectivity index (χ0v) is 12.5. The molecule has 0 bridgehead atoms. The second-order valence-electron chi connectivity index (χ2n) is 6.05. The van der Waals surface area contributed by atoms with Crippen LogP contribution in [-0.4, -0.2) is 5.78 Å². The van der Waals surface area contributed by atoms with Crippen molar-refractivity contribution in [1.82, 2.24) is 0 Å². The Balaban J connectivity index is 2.06. The highest BCUT2D eigenvalue weighted by molar-refractivity contribution is 5.94. The van der Waals surface area contributed by atoms with Crippen LogP contribution in [-0.2, 0) is 16.6 Å².